The molecule has 0 spiro atoms. The minimum absolute atomic E-state index is 0.212. The summed E-state index contributed by atoms with van der Waals surface area (Å²) >= 11 is 0. The first-order chi connectivity index (χ1) is 10.1. The molecule has 8 nitrogen and oxygen atoms in total. The van der Waals surface area contributed by atoms with Crippen LogP contribution in [-0.4, -0.2) is 26.9 Å². The Labute approximate surface area is 118 Å². The van der Waals surface area contributed by atoms with Crippen LogP contribution in [0.2, 0.25) is 0 Å². The van der Waals surface area contributed by atoms with Crippen molar-refractivity contribution in [3.8, 4) is 11.4 Å². The maximum atomic E-state index is 10.6. The van der Waals surface area contributed by atoms with E-state index in [9.17, 15) is 19.8 Å². The molecule has 0 aliphatic carbocycles. The minimum Gasteiger partial charge on any atom is -0.545 e. The number of carboxylic acid groups (broad SMARTS) is 2. The van der Waals surface area contributed by atoms with Crippen LogP contribution in [0.1, 0.15) is 0 Å². The normalized spacial score (nSPS) is 9.71. The Kier molecular flexibility index (Phi) is 4.20. The molecule has 1 N–H and O–H groups in total. The molecule has 0 radical (unpaired) electrons. The van der Waals surface area contributed by atoms with Crippen molar-refractivity contribution in [2.45, 2.75) is 0 Å². The zero-order valence-corrected chi connectivity index (χ0v) is 10.5. The maximum absolute atomic E-state index is 10.6. The molecule has 0 fully saturated rings. The van der Waals surface area contributed by atoms with Crippen molar-refractivity contribution >= 4 is 17.8 Å². The smallest absolute Gasteiger partial charge is 0.163 e. The molecule has 2 aromatic heterocycles. The van der Waals surface area contributed by atoms with Gasteiger partial charge in [0.1, 0.15) is 5.82 Å². The fraction of sp³-hybridized carbons (Fsp3) is 0. The molecule has 0 saturated heterocycles. The molecule has 21 heavy (non-hydrogen) atoms. The van der Waals surface area contributed by atoms with E-state index in [0.29, 0.717) is 11.4 Å². The van der Waals surface area contributed by atoms with Crippen molar-refractivity contribution in [2.75, 3.05) is 5.32 Å². The highest BCUT2D eigenvalue weighted by molar-refractivity contribution is 6.10. The summed E-state index contributed by atoms with van der Waals surface area (Å²) in [5.74, 6) is -3.15. The molecule has 0 aliphatic heterocycles. The van der Waals surface area contributed by atoms with E-state index in [1.165, 1.54) is 12.3 Å². The van der Waals surface area contributed by atoms with E-state index >= 15 is 0 Å². The van der Waals surface area contributed by atoms with Crippen molar-refractivity contribution < 1.29 is 19.8 Å². The van der Waals surface area contributed by atoms with Gasteiger partial charge in [0.15, 0.2) is 5.82 Å². The van der Waals surface area contributed by atoms with Gasteiger partial charge >= 0.3 is 0 Å². The Hall–Kier alpha value is -3.29. The number of aromatic nitrogens is 3. The Morgan fingerprint density at radius 3 is 2.52 bits per heavy atom. The van der Waals surface area contributed by atoms with Crippen LogP contribution in [0.15, 0.2) is 48.6 Å². The number of carbonyl (C=O) groups excluding carboxylic acids is 2. The molecule has 0 saturated carbocycles. The van der Waals surface area contributed by atoms with Crippen LogP contribution in [0.25, 0.3) is 11.4 Å². The summed E-state index contributed by atoms with van der Waals surface area (Å²) in [6.07, 6.45) is 5.33. The van der Waals surface area contributed by atoms with Gasteiger partial charge in [-0.25, -0.2) is 9.97 Å². The summed E-state index contributed by atoms with van der Waals surface area (Å²) in [5, 5.41) is 23.6. The van der Waals surface area contributed by atoms with E-state index in [1.807, 2.05) is 0 Å². The number of pyridine rings is 1. The van der Waals surface area contributed by atoms with Crippen molar-refractivity contribution in [1.82, 2.24) is 15.0 Å². The maximum Gasteiger partial charge on any atom is 0.163 e. The quantitative estimate of drug-likeness (QED) is 0.392. The van der Waals surface area contributed by atoms with E-state index in [-0.39, 0.29) is 5.82 Å². The highest BCUT2D eigenvalue weighted by Gasteiger charge is 2.03. The molecule has 0 unspecified atom stereocenters. The predicted molar refractivity (Wildman–Crippen MR) is 67.0 cm³/mol. The van der Waals surface area contributed by atoms with Gasteiger partial charge in [-0.05, 0) is 18.2 Å². The zero-order chi connectivity index (χ0) is 15.2. The van der Waals surface area contributed by atoms with Gasteiger partial charge in [-0.15, -0.1) is 0 Å². The standard InChI is InChI=1S/C13H10N4O4/c18-12(19)9(13(20)21)7-16-10-3-5-15-11(17-10)8-2-1-4-14-6-8/h1-7H,(H,18,19)(H,20,21)(H,15,16,17)/p-2. The number of nitrogens with one attached hydrogen (secondary N) is 1. The van der Waals surface area contributed by atoms with Crippen LogP contribution in [0, 0.1) is 0 Å². The summed E-state index contributed by atoms with van der Waals surface area (Å²) in [4.78, 5) is 33.2. The Morgan fingerprint density at radius 2 is 1.90 bits per heavy atom. The van der Waals surface area contributed by atoms with Crippen LogP contribution >= 0.6 is 0 Å². The molecule has 0 amide bonds. The lowest BCUT2D eigenvalue weighted by Gasteiger charge is -2.10. The number of nitrogens with zero attached hydrogens (tertiary/aromatic N) is 3. The lowest BCUT2D eigenvalue weighted by atomic mass is 10.2. The number of aliphatic carboxylic acids is 2. The van der Waals surface area contributed by atoms with Gasteiger partial charge in [-0.1, -0.05) is 0 Å². The molecule has 0 aliphatic rings. The fourth-order valence-corrected chi connectivity index (χ4v) is 1.42. The van der Waals surface area contributed by atoms with Crippen LogP contribution in [0.5, 0.6) is 0 Å². The second-order valence-electron chi connectivity index (χ2n) is 3.78. The van der Waals surface area contributed by atoms with Crippen molar-refractivity contribution in [2.24, 2.45) is 0 Å². The van der Waals surface area contributed by atoms with Crippen LogP contribution in [-0.2, 0) is 9.59 Å². The van der Waals surface area contributed by atoms with Gasteiger partial charge in [0.05, 0.1) is 11.9 Å². The average molecular weight is 284 g/mol. The van der Waals surface area contributed by atoms with Crippen molar-refractivity contribution in [1.29, 1.82) is 0 Å². The van der Waals surface area contributed by atoms with Gasteiger partial charge < -0.3 is 25.1 Å². The van der Waals surface area contributed by atoms with E-state index in [2.05, 4.69) is 20.3 Å². The van der Waals surface area contributed by atoms with Crippen molar-refractivity contribution in [3.63, 3.8) is 0 Å². The first-order valence-electron chi connectivity index (χ1n) is 5.71. The summed E-state index contributed by atoms with van der Waals surface area (Å²) in [5.41, 5.74) is -0.360. The first kappa shape index (κ1) is 14.1. The zero-order valence-electron chi connectivity index (χ0n) is 10.5. The third kappa shape index (κ3) is 3.60. The molecular formula is C13H8N4O4-2. The van der Waals surface area contributed by atoms with Gasteiger partial charge in [0.2, 0.25) is 0 Å². The fourth-order valence-electron chi connectivity index (χ4n) is 1.42. The average Bonchev–Trinajstić information content (AvgIpc) is 2.48. The number of anilines is 1. The number of hydrogen-bond donors (Lipinski definition) is 1. The van der Waals surface area contributed by atoms with Crippen molar-refractivity contribution in [3.05, 3.63) is 48.6 Å². The summed E-state index contributed by atoms with van der Waals surface area (Å²) < 4.78 is 0. The third-order valence-corrected chi connectivity index (χ3v) is 2.38. The molecule has 0 bridgehead atoms. The highest BCUT2D eigenvalue weighted by Crippen LogP contribution is 2.14. The summed E-state index contributed by atoms with van der Waals surface area (Å²) in [6, 6.07) is 4.90. The Morgan fingerprint density at radius 1 is 1.14 bits per heavy atom. The Balaban J connectivity index is 2.25. The van der Waals surface area contributed by atoms with E-state index in [0.717, 1.165) is 6.20 Å². The lowest BCUT2D eigenvalue weighted by molar-refractivity contribution is -0.312. The van der Waals surface area contributed by atoms with Crippen LogP contribution in [0.3, 0.4) is 0 Å². The molecular weight excluding hydrogens is 276 g/mol. The number of hydrogen-bond acceptors (Lipinski definition) is 8. The minimum atomic E-state index is -1.86. The van der Waals surface area contributed by atoms with Crippen LogP contribution < -0.4 is 15.5 Å². The molecule has 2 heterocycles. The van der Waals surface area contributed by atoms with Crippen LogP contribution in [0.4, 0.5) is 5.82 Å². The second kappa shape index (κ2) is 6.24. The molecule has 8 heteroatoms. The number of carboxylic acids is 2. The summed E-state index contributed by atoms with van der Waals surface area (Å²) in [7, 11) is 0. The van der Waals surface area contributed by atoms with E-state index in [4.69, 9.17) is 0 Å². The third-order valence-electron chi connectivity index (χ3n) is 2.38. The van der Waals surface area contributed by atoms with E-state index < -0.39 is 17.5 Å². The Bertz CT molecular complexity index is 684. The van der Waals surface area contributed by atoms with Gasteiger partial charge in [-0.3, -0.25) is 4.98 Å². The highest BCUT2D eigenvalue weighted by atomic mass is 16.4. The second-order valence-corrected chi connectivity index (χ2v) is 3.78. The summed E-state index contributed by atoms with van der Waals surface area (Å²) in [6.45, 7) is 0. The first-order valence-corrected chi connectivity index (χ1v) is 5.71. The van der Waals surface area contributed by atoms with Gasteiger partial charge in [0, 0.05) is 35.9 Å². The predicted octanol–water partition coefficient (Wildman–Crippen LogP) is -1.67. The SMILES string of the molecule is O=C([O-])C(=CNc1ccnc(-c2cccnc2)n1)C(=O)[O-]. The lowest BCUT2D eigenvalue weighted by Crippen LogP contribution is -2.36. The molecule has 2 aromatic rings. The largest absolute Gasteiger partial charge is 0.545 e. The monoisotopic (exact) mass is 284 g/mol. The van der Waals surface area contributed by atoms with Gasteiger partial charge in [-0.2, -0.15) is 0 Å². The van der Waals surface area contributed by atoms with E-state index in [1.54, 1.807) is 24.5 Å². The molecule has 0 atom stereocenters. The molecule has 2 rings (SSSR count). The van der Waals surface area contributed by atoms with Gasteiger partial charge in [0.25, 0.3) is 0 Å². The molecule has 106 valence electrons. The number of carbonyl (C=O) groups is 2. The molecule has 0 aromatic carbocycles. The topological polar surface area (TPSA) is 131 Å². The number of rotatable bonds is 5.